The Kier molecular flexibility index (Phi) is 6.81. The number of aryl methyl sites for hydroxylation is 1. The molecule has 178 valence electrons. The highest BCUT2D eigenvalue weighted by Gasteiger charge is 2.65. The monoisotopic (exact) mass is 479 g/mol. The second kappa shape index (κ2) is 9.98. The Hall–Kier alpha value is -2.55. The summed E-state index contributed by atoms with van der Waals surface area (Å²) in [5.74, 6) is 0. The standard InChI is InChI=1S/C27H29NO5S/c1-20-12-14-23(15-13-20)34(29,30)28-24(18-31-16-21-8-4-2-5-9-21)26(28)27-25(33-27)19-32-17-22-10-6-3-7-11-22/h2-15,24-27H,16-19H2,1H3/t24-,25-,26-,27+,28?/m0/s1. The number of benzene rings is 3. The van der Waals surface area contributed by atoms with Crippen molar-refractivity contribution in [2.45, 2.75) is 49.3 Å². The fourth-order valence-electron chi connectivity index (χ4n) is 4.31. The molecule has 0 N–H and O–H groups in total. The largest absolute Gasteiger partial charge is 0.375 e. The summed E-state index contributed by atoms with van der Waals surface area (Å²) in [5.41, 5.74) is 3.18. The molecule has 3 aromatic carbocycles. The molecule has 3 aromatic rings. The molecule has 0 saturated carbocycles. The van der Waals surface area contributed by atoms with Crippen molar-refractivity contribution in [3.8, 4) is 0 Å². The SMILES string of the molecule is Cc1ccc(S(=O)(=O)N2[C@H]([C@@H]3O[C@H]3COCc3ccccc3)[C@@H]2COCc2ccccc2)cc1. The molecule has 2 fully saturated rings. The number of hydrogen-bond donors (Lipinski definition) is 0. The molecule has 0 bridgehead atoms. The topological polar surface area (TPSA) is 68.1 Å². The van der Waals surface area contributed by atoms with Crippen LogP contribution in [0.3, 0.4) is 0 Å². The van der Waals surface area contributed by atoms with Gasteiger partial charge in [0.05, 0.1) is 43.4 Å². The Morgan fingerprint density at radius 1 is 0.794 bits per heavy atom. The van der Waals surface area contributed by atoms with Gasteiger partial charge in [-0.15, -0.1) is 0 Å². The van der Waals surface area contributed by atoms with E-state index in [1.807, 2.05) is 79.7 Å². The first-order valence-corrected chi connectivity index (χ1v) is 13.0. The molecule has 0 aliphatic carbocycles. The molecule has 0 spiro atoms. The molecule has 0 aromatic heterocycles. The van der Waals surface area contributed by atoms with E-state index in [1.165, 1.54) is 0 Å². The van der Waals surface area contributed by atoms with Crippen molar-refractivity contribution in [2.75, 3.05) is 13.2 Å². The molecule has 2 aliphatic rings. The minimum Gasteiger partial charge on any atom is -0.375 e. The van der Waals surface area contributed by atoms with Crippen molar-refractivity contribution in [2.24, 2.45) is 0 Å². The predicted octanol–water partition coefficient (Wildman–Crippen LogP) is 3.94. The lowest BCUT2D eigenvalue weighted by molar-refractivity contribution is 0.104. The zero-order valence-corrected chi connectivity index (χ0v) is 19.9. The van der Waals surface area contributed by atoms with Crippen LogP contribution in [-0.2, 0) is 37.4 Å². The molecule has 0 amide bonds. The lowest BCUT2D eigenvalue weighted by atomic mass is 10.2. The maximum Gasteiger partial charge on any atom is 0.243 e. The van der Waals surface area contributed by atoms with Gasteiger partial charge in [-0.25, -0.2) is 8.42 Å². The molecular weight excluding hydrogens is 450 g/mol. The van der Waals surface area contributed by atoms with Crippen molar-refractivity contribution in [3.63, 3.8) is 0 Å². The van der Waals surface area contributed by atoms with Crippen LogP contribution in [0.25, 0.3) is 0 Å². The van der Waals surface area contributed by atoms with Crippen molar-refractivity contribution in [1.29, 1.82) is 0 Å². The Balaban J connectivity index is 1.22. The van der Waals surface area contributed by atoms with Crippen LogP contribution in [-0.4, -0.2) is 50.2 Å². The summed E-state index contributed by atoms with van der Waals surface area (Å²) >= 11 is 0. The second-order valence-electron chi connectivity index (χ2n) is 8.85. The highest BCUT2D eigenvalue weighted by Crippen LogP contribution is 2.45. The average Bonchev–Trinajstić information content (AvgIpc) is 3.76. The lowest BCUT2D eigenvalue weighted by Gasteiger charge is -2.08. The molecule has 5 rings (SSSR count). The van der Waals surface area contributed by atoms with E-state index >= 15 is 0 Å². The van der Waals surface area contributed by atoms with Gasteiger partial charge in [-0.2, -0.15) is 4.31 Å². The van der Waals surface area contributed by atoms with Gasteiger partial charge in [-0.3, -0.25) is 0 Å². The van der Waals surface area contributed by atoms with Crippen LogP contribution in [0.15, 0.2) is 89.8 Å². The van der Waals surface area contributed by atoms with Crippen molar-refractivity contribution >= 4 is 10.0 Å². The Morgan fingerprint density at radius 2 is 1.35 bits per heavy atom. The number of ether oxygens (including phenoxy) is 3. The minimum absolute atomic E-state index is 0.108. The third-order valence-electron chi connectivity index (χ3n) is 6.27. The van der Waals surface area contributed by atoms with Gasteiger partial charge in [-0.05, 0) is 30.2 Å². The quantitative estimate of drug-likeness (QED) is 0.390. The first-order chi connectivity index (χ1) is 16.5. The van der Waals surface area contributed by atoms with E-state index in [1.54, 1.807) is 16.4 Å². The van der Waals surface area contributed by atoms with Gasteiger partial charge in [0.25, 0.3) is 0 Å². The smallest absolute Gasteiger partial charge is 0.243 e. The van der Waals surface area contributed by atoms with Crippen LogP contribution in [0.1, 0.15) is 16.7 Å². The zero-order valence-electron chi connectivity index (χ0n) is 19.1. The fourth-order valence-corrected chi connectivity index (χ4v) is 6.10. The van der Waals surface area contributed by atoms with Crippen molar-refractivity contribution in [3.05, 3.63) is 102 Å². The summed E-state index contributed by atoms with van der Waals surface area (Å²) in [6.07, 6.45) is -0.287. The predicted molar refractivity (Wildman–Crippen MR) is 129 cm³/mol. The molecule has 7 heteroatoms. The third-order valence-corrected chi connectivity index (χ3v) is 8.21. The van der Waals surface area contributed by atoms with E-state index in [2.05, 4.69) is 0 Å². The number of hydrogen-bond acceptors (Lipinski definition) is 5. The van der Waals surface area contributed by atoms with Crippen LogP contribution in [0, 0.1) is 6.92 Å². The van der Waals surface area contributed by atoms with Gasteiger partial charge in [0.15, 0.2) is 0 Å². The van der Waals surface area contributed by atoms with Gasteiger partial charge in [-0.1, -0.05) is 78.4 Å². The summed E-state index contributed by atoms with van der Waals surface area (Å²) in [7, 11) is -3.64. The average molecular weight is 480 g/mol. The van der Waals surface area contributed by atoms with E-state index in [0.29, 0.717) is 31.3 Å². The van der Waals surface area contributed by atoms with Gasteiger partial charge in [0.2, 0.25) is 10.0 Å². The first-order valence-electron chi connectivity index (χ1n) is 11.5. The van der Waals surface area contributed by atoms with Crippen molar-refractivity contribution in [1.82, 2.24) is 4.31 Å². The Labute approximate surface area is 201 Å². The van der Waals surface area contributed by atoms with E-state index in [4.69, 9.17) is 14.2 Å². The number of nitrogens with zero attached hydrogens (tertiary/aromatic N) is 1. The van der Waals surface area contributed by atoms with Crippen LogP contribution in [0.4, 0.5) is 0 Å². The minimum atomic E-state index is -3.64. The molecule has 5 atom stereocenters. The van der Waals surface area contributed by atoms with Crippen LogP contribution in [0.2, 0.25) is 0 Å². The van der Waals surface area contributed by atoms with Gasteiger partial charge < -0.3 is 14.2 Å². The zero-order chi connectivity index (χ0) is 23.5. The highest BCUT2D eigenvalue weighted by molar-refractivity contribution is 7.89. The number of rotatable bonds is 11. The molecule has 34 heavy (non-hydrogen) atoms. The molecule has 2 aliphatic heterocycles. The Morgan fingerprint density at radius 3 is 1.94 bits per heavy atom. The summed E-state index contributed by atoms with van der Waals surface area (Å²) in [4.78, 5) is 0.297. The van der Waals surface area contributed by atoms with Gasteiger partial charge in [0, 0.05) is 0 Å². The molecule has 6 nitrogen and oxygen atoms in total. The third kappa shape index (κ3) is 5.24. The van der Waals surface area contributed by atoms with E-state index < -0.39 is 10.0 Å². The lowest BCUT2D eigenvalue weighted by Crippen LogP contribution is -2.19. The second-order valence-corrected chi connectivity index (χ2v) is 10.7. The summed E-state index contributed by atoms with van der Waals surface area (Å²) in [6, 6.07) is 26.3. The molecule has 2 heterocycles. The number of sulfonamides is 1. The summed E-state index contributed by atoms with van der Waals surface area (Å²) < 4.78 is 45.9. The molecule has 2 saturated heterocycles. The first kappa shape index (κ1) is 23.2. The van der Waals surface area contributed by atoms with Crippen molar-refractivity contribution < 1.29 is 22.6 Å². The van der Waals surface area contributed by atoms with E-state index in [-0.39, 0.29) is 24.3 Å². The highest BCUT2D eigenvalue weighted by atomic mass is 32.2. The molecular formula is C27H29NO5S. The fraction of sp³-hybridized carbons (Fsp3) is 0.333. The normalized spacial score (nSPS) is 25.7. The number of epoxide rings is 1. The Bertz CT molecular complexity index is 1180. The van der Waals surface area contributed by atoms with Crippen LogP contribution in [0.5, 0.6) is 0 Å². The van der Waals surface area contributed by atoms with Gasteiger partial charge in [0.1, 0.15) is 12.2 Å². The maximum atomic E-state index is 13.4. The van der Waals surface area contributed by atoms with Gasteiger partial charge >= 0.3 is 0 Å². The maximum absolute atomic E-state index is 13.4. The van der Waals surface area contributed by atoms with Crippen LogP contribution < -0.4 is 0 Å². The summed E-state index contributed by atoms with van der Waals surface area (Å²) in [5, 5.41) is 0. The molecule has 0 radical (unpaired) electrons. The van der Waals surface area contributed by atoms with E-state index in [9.17, 15) is 8.42 Å². The molecule has 1 unspecified atom stereocenters. The van der Waals surface area contributed by atoms with Crippen LogP contribution >= 0.6 is 0 Å². The summed E-state index contributed by atoms with van der Waals surface area (Å²) in [6.45, 7) is 3.65. The van der Waals surface area contributed by atoms with E-state index in [0.717, 1.165) is 16.7 Å².